The number of hydrogen-bond acceptors (Lipinski definition) is 7. The van der Waals surface area contributed by atoms with Gasteiger partial charge >= 0.3 is 0 Å². The van der Waals surface area contributed by atoms with E-state index in [0.29, 0.717) is 0 Å². The molecule has 7 rings (SSSR count). The van der Waals surface area contributed by atoms with E-state index in [2.05, 4.69) is 178 Å². The number of anilines is 9. The molecule has 0 spiro atoms. The molecule has 0 atom stereocenters. The van der Waals surface area contributed by atoms with E-state index in [9.17, 15) is 0 Å². The molecule has 0 saturated carbocycles. The van der Waals surface area contributed by atoms with Crippen LogP contribution in [-0.2, 0) is 38.5 Å². The maximum Gasteiger partial charge on any atom is 0.143 e. The molecule has 3 aromatic carbocycles. The van der Waals surface area contributed by atoms with Crippen molar-refractivity contribution in [3.8, 4) is 0 Å². The Labute approximate surface area is 453 Å². The van der Waals surface area contributed by atoms with Crippen LogP contribution < -0.4 is 14.7 Å². The van der Waals surface area contributed by atoms with Gasteiger partial charge in [-0.3, -0.25) is 14.7 Å². The van der Waals surface area contributed by atoms with Gasteiger partial charge in [0, 0.05) is 47.8 Å². The third kappa shape index (κ3) is 16.8. The van der Waals surface area contributed by atoms with Gasteiger partial charge in [0.1, 0.15) is 29.1 Å². The second-order valence-electron chi connectivity index (χ2n) is 20.9. The van der Waals surface area contributed by atoms with Crippen molar-refractivity contribution in [2.75, 3.05) is 14.7 Å². The van der Waals surface area contributed by atoms with Crippen molar-refractivity contribution >= 4 is 51.8 Å². The summed E-state index contributed by atoms with van der Waals surface area (Å²) in [5.41, 5.74) is 11.9. The number of rotatable bonds is 33. The molecule has 0 saturated heterocycles. The van der Waals surface area contributed by atoms with Crippen LogP contribution in [0.1, 0.15) is 190 Å². The number of aryl methyl sites for hydroxylation is 6. The smallest absolute Gasteiger partial charge is 0.143 e. The van der Waals surface area contributed by atoms with Crippen LogP contribution in [0, 0.1) is 0 Å². The van der Waals surface area contributed by atoms with E-state index in [1.165, 1.54) is 110 Å². The van der Waals surface area contributed by atoms with Gasteiger partial charge in [-0.1, -0.05) is 155 Å². The Bertz CT molecular complexity index is 2290. The number of unbranched alkanes of at least 4 members (excludes halogenated alkanes) is 12. The van der Waals surface area contributed by atoms with E-state index in [-0.39, 0.29) is 0 Å². The topological polar surface area (TPSA) is 61.3 Å². The molecule has 0 aliphatic carbocycles. The minimum Gasteiger partial charge on any atom is -0.295 e. The standard InChI is InChI=1S/C68H89N7/c1-7-13-19-28-54-34-25-37-60(46-54)73(64-49-57(40-43-69-64)31-22-16-10-4)63-52-67(74(61-38-26-35-55(47-61)29-20-14-8-2)65-50-58(41-44-70-65)32-23-17-11-5)72-68(53-63)75(62-39-27-36-56(48-62)30-21-15-9-3)66-51-59(42-45-71-66)33-24-18-12-6/h25-27,34-53H,7-24,28-33H2,1-6H3. The van der Waals surface area contributed by atoms with E-state index in [4.69, 9.17) is 19.9 Å². The summed E-state index contributed by atoms with van der Waals surface area (Å²) in [5.74, 6) is 4.15. The lowest BCUT2D eigenvalue weighted by molar-refractivity contribution is 0.716. The van der Waals surface area contributed by atoms with Gasteiger partial charge in [0.25, 0.3) is 0 Å². The van der Waals surface area contributed by atoms with E-state index in [0.717, 1.165) is 129 Å². The van der Waals surface area contributed by atoms with Crippen LogP contribution in [0.5, 0.6) is 0 Å². The van der Waals surface area contributed by atoms with Crippen molar-refractivity contribution < 1.29 is 0 Å². The van der Waals surface area contributed by atoms with Gasteiger partial charge < -0.3 is 0 Å². The molecule has 0 amide bonds. The number of pyridine rings is 4. The Morgan fingerprint density at radius 2 is 0.547 bits per heavy atom. The Balaban J connectivity index is 1.54. The van der Waals surface area contributed by atoms with E-state index >= 15 is 0 Å². The Morgan fingerprint density at radius 3 is 0.853 bits per heavy atom. The molecule has 396 valence electrons. The number of benzene rings is 3. The lowest BCUT2D eigenvalue weighted by atomic mass is 10.0. The first kappa shape index (κ1) is 56.4. The minimum absolute atomic E-state index is 0.776. The number of nitrogens with zero attached hydrogens (tertiary/aromatic N) is 7. The second kappa shape index (κ2) is 30.9. The zero-order valence-electron chi connectivity index (χ0n) is 46.9. The lowest BCUT2D eigenvalue weighted by Gasteiger charge is -2.31. The quantitative estimate of drug-likeness (QED) is 0.0380. The largest absolute Gasteiger partial charge is 0.295 e. The van der Waals surface area contributed by atoms with Crippen molar-refractivity contribution in [2.45, 2.75) is 196 Å². The minimum atomic E-state index is 0.776. The predicted octanol–water partition coefficient (Wildman–Crippen LogP) is 20.1. The highest BCUT2D eigenvalue weighted by molar-refractivity contribution is 5.85. The maximum absolute atomic E-state index is 5.89. The molecule has 0 bridgehead atoms. The molecule has 0 radical (unpaired) electrons. The van der Waals surface area contributed by atoms with Crippen LogP contribution in [0.2, 0.25) is 0 Å². The summed E-state index contributed by atoms with van der Waals surface area (Å²) in [7, 11) is 0. The highest BCUT2D eigenvalue weighted by atomic mass is 15.3. The van der Waals surface area contributed by atoms with E-state index in [1.54, 1.807) is 0 Å². The summed E-state index contributed by atoms with van der Waals surface area (Å²) < 4.78 is 0. The summed E-state index contributed by atoms with van der Waals surface area (Å²) in [6, 6.07) is 45.4. The molecule has 4 aromatic heterocycles. The van der Waals surface area contributed by atoms with Crippen LogP contribution >= 0.6 is 0 Å². The molecule has 0 fully saturated rings. The maximum atomic E-state index is 5.89. The second-order valence-corrected chi connectivity index (χ2v) is 20.9. The van der Waals surface area contributed by atoms with Gasteiger partial charge in [0.05, 0.1) is 5.69 Å². The van der Waals surface area contributed by atoms with Crippen molar-refractivity contribution in [3.63, 3.8) is 0 Å². The van der Waals surface area contributed by atoms with Crippen molar-refractivity contribution in [1.82, 2.24) is 19.9 Å². The first-order valence-corrected chi connectivity index (χ1v) is 29.5. The number of hydrogen-bond donors (Lipinski definition) is 0. The molecule has 7 aromatic rings. The van der Waals surface area contributed by atoms with Crippen molar-refractivity contribution in [2.24, 2.45) is 0 Å². The first-order chi connectivity index (χ1) is 36.9. The summed E-state index contributed by atoms with van der Waals surface area (Å²) in [5, 5.41) is 0. The Morgan fingerprint density at radius 1 is 0.267 bits per heavy atom. The van der Waals surface area contributed by atoms with Gasteiger partial charge in [-0.2, -0.15) is 0 Å². The predicted molar refractivity (Wildman–Crippen MR) is 321 cm³/mol. The van der Waals surface area contributed by atoms with Crippen LogP contribution in [0.15, 0.2) is 140 Å². The summed E-state index contributed by atoms with van der Waals surface area (Å²) in [6.45, 7) is 13.7. The van der Waals surface area contributed by atoms with E-state index in [1.807, 2.05) is 18.6 Å². The molecule has 0 N–H and O–H groups in total. The van der Waals surface area contributed by atoms with Gasteiger partial charge in [-0.25, -0.2) is 19.9 Å². The Hall–Kier alpha value is -6.34. The lowest BCUT2D eigenvalue weighted by Crippen LogP contribution is -2.20. The van der Waals surface area contributed by atoms with Gasteiger partial charge in [-0.15, -0.1) is 0 Å². The molecular formula is C68H89N7. The van der Waals surface area contributed by atoms with Crippen LogP contribution in [0.25, 0.3) is 0 Å². The van der Waals surface area contributed by atoms with E-state index < -0.39 is 0 Å². The van der Waals surface area contributed by atoms with Gasteiger partial charge in [0.15, 0.2) is 0 Å². The number of aromatic nitrogens is 4. The summed E-state index contributed by atoms with van der Waals surface area (Å²) >= 11 is 0. The van der Waals surface area contributed by atoms with Crippen LogP contribution in [0.4, 0.5) is 51.8 Å². The first-order valence-electron chi connectivity index (χ1n) is 29.5. The van der Waals surface area contributed by atoms with Crippen molar-refractivity contribution in [1.29, 1.82) is 0 Å². The molecular weight excluding hydrogens is 915 g/mol. The molecule has 7 heteroatoms. The fourth-order valence-electron chi connectivity index (χ4n) is 10.3. The molecule has 4 heterocycles. The fourth-order valence-corrected chi connectivity index (χ4v) is 10.3. The highest BCUT2D eigenvalue weighted by Gasteiger charge is 2.26. The van der Waals surface area contributed by atoms with Crippen LogP contribution in [-0.4, -0.2) is 19.9 Å². The molecule has 7 nitrogen and oxygen atoms in total. The third-order valence-corrected chi connectivity index (χ3v) is 14.5. The zero-order valence-corrected chi connectivity index (χ0v) is 46.9. The highest BCUT2D eigenvalue weighted by Crippen LogP contribution is 2.44. The fraction of sp³-hybridized carbons (Fsp3) is 0.441. The summed E-state index contributed by atoms with van der Waals surface area (Å²) in [4.78, 5) is 28.6. The average molecular weight is 1000 g/mol. The normalized spacial score (nSPS) is 11.3. The molecule has 0 aliphatic rings. The monoisotopic (exact) mass is 1000 g/mol. The van der Waals surface area contributed by atoms with Gasteiger partial charge in [-0.05, 0) is 183 Å². The molecule has 0 aliphatic heterocycles. The summed E-state index contributed by atoms with van der Waals surface area (Å²) in [6.07, 6.45) is 33.2. The SMILES string of the molecule is CCCCCc1cccc(N(c2cc(N(c3cccc(CCCCC)c3)c3cc(CCCCC)ccn3)nc(N(c3cccc(CCCCC)c3)c3cc(CCCCC)ccn3)c2)c2cc(CCCCC)ccn2)c1. The Kier molecular flexibility index (Phi) is 23.2. The zero-order chi connectivity index (χ0) is 52.5. The third-order valence-electron chi connectivity index (χ3n) is 14.5. The molecule has 75 heavy (non-hydrogen) atoms. The van der Waals surface area contributed by atoms with Gasteiger partial charge in [0.2, 0.25) is 0 Å². The molecule has 0 unspecified atom stereocenters. The van der Waals surface area contributed by atoms with Crippen LogP contribution in [0.3, 0.4) is 0 Å². The van der Waals surface area contributed by atoms with Crippen molar-refractivity contribution in [3.05, 3.63) is 173 Å². The average Bonchev–Trinajstić information content (AvgIpc) is 3.42.